The zero-order chi connectivity index (χ0) is 17.8. The Kier molecular flexibility index (Phi) is 5.04. The van der Waals surface area contributed by atoms with Gasteiger partial charge in [0.15, 0.2) is 0 Å². The van der Waals surface area contributed by atoms with Crippen molar-refractivity contribution in [2.24, 2.45) is 0 Å². The molecule has 1 atom stereocenters. The highest BCUT2D eigenvalue weighted by atomic mass is 35.5. The Morgan fingerprint density at radius 3 is 2.68 bits per heavy atom. The quantitative estimate of drug-likeness (QED) is 0.638. The van der Waals surface area contributed by atoms with Crippen LogP contribution in [0.25, 0.3) is 0 Å². The van der Waals surface area contributed by atoms with Gasteiger partial charge in [0, 0.05) is 36.6 Å². The minimum absolute atomic E-state index is 0.0382. The minimum atomic E-state index is -0.576. The predicted molar refractivity (Wildman–Crippen MR) is 97.2 cm³/mol. The van der Waals surface area contributed by atoms with Gasteiger partial charge in [0.05, 0.1) is 4.92 Å². The Labute approximate surface area is 149 Å². The van der Waals surface area contributed by atoms with Gasteiger partial charge in [-0.25, -0.2) is 4.79 Å². The molecule has 0 bridgehead atoms. The molecule has 3 rings (SSSR count). The van der Waals surface area contributed by atoms with Crippen LogP contribution in [-0.4, -0.2) is 35.0 Å². The zero-order valence-corrected chi connectivity index (χ0v) is 14.1. The first-order chi connectivity index (χ1) is 12.0. The molecule has 2 amide bonds. The first kappa shape index (κ1) is 17.0. The van der Waals surface area contributed by atoms with Crippen LogP contribution in [0.5, 0.6) is 0 Å². The van der Waals surface area contributed by atoms with E-state index in [0.29, 0.717) is 18.8 Å². The molecule has 2 aromatic carbocycles. The molecule has 1 aliphatic heterocycles. The number of halogens is 1. The van der Waals surface area contributed by atoms with Crippen LogP contribution in [0, 0.1) is 10.1 Å². The molecule has 1 fully saturated rings. The van der Waals surface area contributed by atoms with Crippen LogP contribution < -0.4 is 10.6 Å². The number of carbonyl (C=O) groups excluding carboxylic acids is 1. The molecule has 1 saturated heterocycles. The van der Waals surface area contributed by atoms with Crippen LogP contribution in [0.3, 0.4) is 0 Å². The van der Waals surface area contributed by atoms with E-state index in [-0.39, 0.29) is 22.8 Å². The summed E-state index contributed by atoms with van der Waals surface area (Å²) in [4.78, 5) is 24.4. The number of likely N-dealkylation sites (tertiary alicyclic amines) is 1. The lowest BCUT2D eigenvalue weighted by Gasteiger charge is -2.18. The number of nitrogens with zero attached hydrogens (tertiary/aromatic N) is 2. The number of hydrogen-bond acceptors (Lipinski definition) is 4. The Hall–Kier alpha value is -2.80. The highest BCUT2D eigenvalue weighted by Crippen LogP contribution is 2.27. The molecular formula is C17H17ClN4O3. The van der Waals surface area contributed by atoms with Crippen molar-refractivity contribution in [2.75, 3.05) is 23.7 Å². The van der Waals surface area contributed by atoms with Gasteiger partial charge in [-0.3, -0.25) is 10.1 Å². The third-order valence-electron chi connectivity index (χ3n) is 4.01. The van der Waals surface area contributed by atoms with E-state index in [2.05, 4.69) is 10.6 Å². The maximum absolute atomic E-state index is 12.4. The van der Waals surface area contributed by atoms with Crippen molar-refractivity contribution in [3.8, 4) is 0 Å². The van der Waals surface area contributed by atoms with Gasteiger partial charge in [-0.15, -0.1) is 0 Å². The van der Waals surface area contributed by atoms with Gasteiger partial charge in [-0.2, -0.15) is 0 Å². The molecule has 0 unspecified atom stereocenters. The van der Waals surface area contributed by atoms with E-state index in [4.69, 9.17) is 11.6 Å². The number of benzene rings is 2. The van der Waals surface area contributed by atoms with E-state index in [0.717, 1.165) is 12.1 Å². The van der Waals surface area contributed by atoms with Gasteiger partial charge in [0.2, 0.25) is 0 Å². The molecular weight excluding hydrogens is 344 g/mol. The van der Waals surface area contributed by atoms with E-state index < -0.39 is 4.92 Å². The van der Waals surface area contributed by atoms with Crippen molar-refractivity contribution < 1.29 is 9.72 Å². The molecule has 0 aliphatic carbocycles. The van der Waals surface area contributed by atoms with Crippen molar-refractivity contribution in [1.29, 1.82) is 0 Å². The summed E-state index contributed by atoms with van der Waals surface area (Å²) in [5.41, 5.74) is 1.13. The molecule has 2 aromatic rings. The number of carbonyl (C=O) groups is 1. The van der Waals surface area contributed by atoms with Crippen LogP contribution in [-0.2, 0) is 0 Å². The van der Waals surface area contributed by atoms with Gasteiger partial charge >= 0.3 is 6.03 Å². The average Bonchev–Trinajstić information content (AvgIpc) is 3.06. The van der Waals surface area contributed by atoms with Crippen molar-refractivity contribution >= 4 is 34.7 Å². The second kappa shape index (κ2) is 7.40. The summed E-state index contributed by atoms with van der Waals surface area (Å²) in [5.74, 6) is 0. The van der Waals surface area contributed by atoms with E-state index in [1.807, 2.05) is 30.3 Å². The molecule has 1 heterocycles. The lowest BCUT2D eigenvalue weighted by Crippen LogP contribution is -2.34. The maximum Gasteiger partial charge on any atom is 0.321 e. The van der Waals surface area contributed by atoms with Crippen LogP contribution >= 0.6 is 11.6 Å². The molecule has 0 aromatic heterocycles. The smallest absolute Gasteiger partial charge is 0.321 e. The average molecular weight is 361 g/mol. The number of nitro groups is 1. The Bertz CT molecular complexity index is 785. The van der Waals surface area contributed by atoms with Crippen LogP contribution in [0.4, 0.5) is 21.9 Å². The van der Waals surface area contributed by atoms with Crippen molar-refractivity contribution in [2.45, 2.75) is 12.5 Å². The molecule has 0 radical (unpaired) electrons. The number of urea groups is 1. The highest BCUT2D eigenvalue weighted by molar-refractivity contribution is 6.32. The number of para-hydroxylation sites is 1. The molecule has 1 aliphatic rings. The van der Waals surface area contributed by atoms with Crippen molar-refractivity contribution in [3.05, 3.63) is 63.7 Å². The van der Waals surface area contributed by atoms with Gasteiger partial charge in [-0.05, 0) is 30.7 Å². The fourth-order valence-corrected chi connectivity index (χ4v) is 2.95. The summed E-state index contributed by atoms with van der Waals surface area (Å²) in [5, 5.41) is 17.0. The minimum Gasteiger partial charge on any atom is -0.380 e. The maximum atomic E-state index is 12.4. The Morgan fingerprint density at radius 2 is 1.96 bits per heavy atom. The summed E-state index contributed by atoms with van der Waals surface area (Å²) in [6.07, 6.45) is 0.836. The number of amides is 2. The zero-order valence-electron chi connectivity index (χ0n) is 13.3. The van der Waals surface area contributed by atoms with Gasteiger partial charge in [0.25, 0.3) is 5.69 Å². The summed E-state index contributed by atoms with van der Waals surface area (Å²) in [6, 6.07) is 13.9. The third-order valence-corrected chi connectivity index (χ3v) is 4.33. The standard InChI is InChI=1S/C17H17ClN4O3/c18-15-7-6-13(10-16(15)22(24)25)20-17(23)21-9-8-14(11-21)19-12-4-2-1-3-5-12/h1-7,10,14,19H,8-9,11H2,(H,20,23)/t14-/m1/s1. The summed E-state index contributed by atoms with van der Waals surface area (Å²) in [6.45, 7) is 1.18. The molecule has 2 N–H and O–H groups in total. The van der Waals surface area contributed by atoms with Gasteiger partial charge < -0.3 is 15.5 Å². The van der Waals surface area contributed by atoms with Crippen molar-refractivity contribution in [1.82, 2.24) is 4.90 Å². The third kappa shape index (κ3) is 4.19. The summed E-state index contributed by atoms with van der Waals surface area (Å²) in [7, 11) is 0. The van der Waals surface area contributed by atoms with Crippen LogP contribution in [0.1, 0.15) is 6.42 Å². The van der Waals surface area contributed by atoms with E-state index in [1.54, 1.807) is 11.0 Å². The number of nitrogens with one attached hydrogen (secondary N) is 2. The highest BCUT2D eigenvalue weighted by Gasteiger charge is 2.26. The monoisotopic (exact) mass is 360 g/mol. The summed E-state index contributed by atoms with van der Waals surface area (Å²) < 4.78 is 0. The van der Waals surface area contributed by atoms with E-state index in [1.165, 1.54) is 12.1 Å². The van der Waals surface area contributed by atoms with Gasteiger partial charge in [-0.1, -0.05) is 29.8 Å². The fourth-order valence-electron chi connectivity index (χ4n) is 2.77. The molecule has 7 nitrogen and oxygen atoms in total. The molecule has 0 saturated carbocycles. The van der Waals surface area contributed by atoms with Gasteiger partial charge in [0.1, 0.15) is 5.02 Å². The largest absolute Gasteiger partial charge is 0.380 e. The summed E-state index contributed by atoms with van der Waals surface area (Å²) >= 11 is 5.78. The second-order valence-corrected chi connectivity index (χ2v) is 6.20. The van der Waals surface area contributed by atoms with Crippen LogP contribution in [0.15, 0.2) is 48.5 Å². The molecule has 0 spiro atoms. The fraction of sp³-hybridized carbons (Fsp3) is 0.235. The number of hydrogen-bond donors (Lipinski definition) is 2. The normalized spacial score (nSPS) is 16.5. The van der Waals surface area contributed by atoms with E-state index in [9.17, 15) is 14.9 Å². The van der Waals surface area contributed by atoms with Crippen molar-refractivity contribution in [3.63, 3.8) is 0 Å². The number of anilines is 2. The number of nitro benzene ring substituents is 1. The van der Waals surface area contributed by atoms with E-state index >= 15 is 0 Å². The molecule has 8 heteroatoms. The SMILES string of the molecule is O=C(Nc1ccc(Cl)c([N+](=O)[O-])c1)N1CC[C@@H](Nc2ccccc2)C1. The second-order valence-electron chi connectivity index (χ2n) is 5.80. The van der Waals surface area contributed by atoms with Crippen LogP contribution in [0.2, 0.25) is 5.02 Å². The first-order valence-electron chi connectivity index (χ1n) is 7.84. The Balaban J connectivity index is 1.59. The molecule has 25 heavy (non-hydrogen) atoms. The predicted octanol–water partition coefficient (Wildman–Crippen LogP) is 3.97. The first-order valence-corrected chi connectivity index (χ1v) is 8.22. The Morgan fingerprint density at radius 1 is 1.20 bits per heavy atom. The lowest BCUT2D eigenvalue weighted by atomic mass is 10.2. The topological polar surface area (TPSA) is 87.5 Å². The lowest BCUT2D eigenvalue weighted by molar-refractivity contribution is -0.384. The molecule has 130 valence electrons. The number of rotatable bonds is 4.